The molecule has 0 aliphatic carbocycles. The van der Waals surface area contributed by atoms with Crippen LogP contribution < -0.4 is 15.4 Å². The summed E-state index contributed by atoms with van der Waals surface area (Å²) in [6.45, 7) is 3.41. The number of amides is 2. The molecule has 2 N–H and O–H groups in total. The Balaban J connectivity index is 1.56. The number of carbonyl (C=O) groups excluding carboxylic acids is 2. The van der Waals surface area contributed by atoms with Crippen LogP contribution in [0.5, 0.6) is 5.75 Å². The van der Waals surface area contributed by atoms with Crippen LogP contribution in [0.15, 0.2) is 65.2 Å². The van der Waals surface area contributed by atoms with Crippen LogP contribution in [-0.2, 0) is 4.79 Å². The van der Waals surface area contributed by atoms with Crippen LogP contribution in [0.2, 0.25) is 0 Å². The lowest BCUT2D eigenvalue weighted by molar-refractivity contribution is -0.122. The average Bonchev–Trinajstić information content (AvgIpc) is 3.07. The van der Waals surface area contributed by atoms with E-state index in [0.29, 0.717) is 28.6 Å². The van der Waals surface area contributed by atoms with Gasteiger partial charge in [-0.05, 0) is 50.2 Å². The first kappa shape index (κ1) is 18.2. The van der Waals surface area contributed by atoms with Gasteiger partial charge in [-0.2, -0.15) is 0 Å². The molecule has 3 rings (SSSR count). The average molecular weight is 365 g/mol. The highest BCUT2D eigenvalue weighted by Crippen LogP contribution is 2.15. The Morgan fingerprint density at radius 2 is 1.74 bits per heavy atom. The maximum atomic E-state index is 12.2. The molecule has 0 unspecified atom stereocenters. The standard InChI is InChI=1S/C20H19N3O4/c1-13-12-18(23-27-13)22-20(25)15-8-10-16(11-9-15)21-19(24)14(2)26-17-6-4-3-5-7-17/h3-12,14H,1-2H3,(H,21,24)(H,22,23,25)/t14-/m1/s1. The first-order chi connectivity index (χ1) is 13.0. The fourth-order valence-electron chi connectivity index (χ4n) is 2.32. The van der Waals surface area contributed by atoms with Gasteiger partial charge in [0, 0.05) is 17.3 Å². The zero-order chi connectivity index (χ0) is 19.2. The van der Waals surface area contributed by atoms with Crippen LogP contribution in [0.3, 0.4) is 0 Å². The molecule has 0 fully saturated rings. The summed E-state index contributed by atoms with van der Waals surface area (Å²) >= 11 is 0. The maximum Gasteiger partial charge on any atom is 0.265 e. The molecule has 1 aromatic heterocycles. The van der Waals surface area contributed by atoms with Gasteiger partial charge >= 0.3 is 0 Å². The highest BCUT2D eigenvalue weighted by atomic mass is 16.5. The third-order valence-electron chi connectivity index (χ3n) is 3.71. The first-order valence-corrected chi connectivity index (χ1v) is 8.38. The number of aryl methyl sites for hydroxylation is 1. The Labute approximate surface area is 156 Å². The second kappa shape index (κ2) is 8.18. The van der Waals surface area contributed by atoms with Crippen molar-refractivity contribution in [3.05, 3.63) is 72.0 Å². The zero-order valence-electron chi connectivity index (χ0n) is 14.9. The van der Waals surface area contributed by atoms with Crippen molar-refractivity contribution in [2.24, 2.45) is 0 Å². The van der Waals surface area contributed by atoms with Crippen molar-refractivity contribution in [3.63, 3.8) is 0 Å². The molecular weight excluding hydrogens is 346 g/mol. The Morgan fingerprint density at radius 3 is 2.37 bits per heavy atom. The molecule has 0 aliphatic heterocycles. The number of hydrogen-bond acceptors (Lipinski definition) is 5. The van der Waals surface area contributed by atoms with E-state index >= 15 is 0 Å². The lowest BCUT2D eigenvalue weighted by Crippen LogP contribution is -2.30. The largest absolute Gasteiger partial charge is 0.481 e. The highest BCUT2D eigenvalue weighted by molar-refractivity contribution is 6.04. The fraction of sp³-hybridized carbons (Fsp3) is 0.150. The number of rotatable bonds is 6. The van der Waals surface area contributed by atoms with Gasteiger partial charge in [0.05, 0.1) is 0 Å². The van der Waals surface area contributed by atoms with Gasteiger partial charge in [0.25, 0.3) is 11.8 Å². The van der Waals surface area contributed by atoms with Crippen molar-refractivity contribution in [1.82, 2.24) is 5.16 Å². The molecule has 3 aromatic rings. The van der Waals surface area contributed by atoms with E-state index in [1.807, 2.05) is 18.2 Å². The molecule has 27 heavy (non-hydrogen) atoms. The van der Waals surface area contributed by atoms with E-state index < -0.39 is 6.10 Å². The van der Waals surface area contributed by atoms with Crippen LogP contribution in [0.4, 0.5) is 11.5 Å². The monoisotopic (exact) mass is 365 g/mol. The van der Waals surface area contributed by atoms with Crippen molar-refractivity contribution in [1.29, 1.82) is 0 Å². The number of hydrogen-bond donors (Lipinski definition) is 2. The first-order valence-electron chi connectivity index (χ1n) is 8.38. The minimum absolute atomic E-state index is 0.283. The number of ether oxygens (including phenoxy) is 1. The highest BCUT2D eigenvalue weighted by Gasteiger charge is 2.15. The second-order valence-corrected chi connectivity index (χ2v) is 5.92. The third kappa shape index (κ3) is 4.94. The van der Waals surface area contributed by atoms with Crippen molar-refractivity contribution in [3.8, 4) is 5.75 Å². The SMILES string of the molecule is Cc1cc(NC(=O)c2ccc(NC(=O)[C@@H](C)Oc3ccccc3)cc2)no1. The number of para-hydroxylation sites is 1. The van der Waals surface area contributed by atoms with Crippen LogP contribution in [0.1, 0.15) is 23.0 Å². The Kier molecular flexibility index (Phi) is 5.51. The molecule has 1 heterocycles. The number of nitrogens with one attached hydrogen (secondary N) is 2. The number of anilines is 2. The molecule has 2 amide bonds. The molecule has 1 atom stereocenters. The minimum atomic E-state index is -0.661. The summed E-state index contributed by atoms with van der Waals surface area (Å²) < 4.78 is 10.5. The van der Waals surface area contributed by atoms with E-state index in [1.165, 1.54) is 0 Å². The van der Waals surface area contributed by atoms with Gasteiger partial charge in [-0.25, -0.2) is 0 Å². The summed E-state index contributed by atoms with van der Waals surface area (Å²) in [7, 11) is 0. The lowest BCUT2D eigenvalue weighted by Gasteiger charge is -2.14. The van der Waals surface area contributed by atoms with E-state index in [1.54, 1.807) is 56.3 Å². The van der Waals surface area contributed by atoms with Crippen LogP contribution >= 0.6 is 0 Å². The molecule has 0 saturated carbocycles. The summed E-state index contributed by atoms with van der Waals surface area (Å²) in [5, 5.41) is 9.11. The summed E-state index contributed by atoms with van der Waals surface area (Å²) in [6, 6.07) is 17.3. The summed E-state index contributed by atoms with van der Waals surface area (Å²) in [6.07, 6.45) is -0.661. The maximum absolute atomic E-state index is 12.2. The van der Waals surface area contributed by atoms with Crippen LogP contribution in [0, 0.1) is 6.92 Å². The molecule has 0 radical (unpaired) electrons. The van der Waals surface area contributed by atoms with Crippen molar-refractivity contribution in [2.75, 3.05) is 10.6 Å². The van der Waals surface area contributed by atoms with Gasteiger partial charge in [-0.3, -0.25) is 9.59 Å². The normalized spacial score (nSPS) is 11.5. The number of benzene rings is 2. The minimum Gasteiger partial charge on any atom is -0.481 e. The quantitative estimate of drug-likeness (QED) is 0.696. The van der Waals surface area contributed by atoms with Gasteiger partial charge in [-0.15, -0.1) is 0 Å². The molecule has 0 aliphatic rings. The van der Waals surface area contributed by atoms with Gasteiger partial charge in [-0.1, -0.05) is 23.4 Å². The van der Waals surface area contributed by atoms with Crippen LogP contribution in [0.25, 0.3) is 0 Å². The number of aromatic nitrogens is 1. The number of carbonyl (C=O) groups is 2. The molecule has 2 aromatic carbocycles. The Morgan fingerprint density at radius 1 is 1.04 bits per heavy atom. The van der Waals surface area contributed by atoms with Gasteiger partial charge < -0.3 is 19.9 Å². The Hall–Kier alpha value is -3.61. The van der Waals surface area contributed by atoms with E-state index in [0.717, 1.165) is 0 Å². The van der Waals surface area contributed by atoms with Gasteiger partial charge in [0.15, 0.2) is 11.9 Å². The van der Waals surface area contributed by atoms with Crippen molar-refractivity contribution >= 4 is 23.3 Å². The topological polar surface area (TPSA) is 93.5 Å². The van der Waals surface area contributed by atoms with E-state index in [9.17, 15) is 9.59 Å². The predicted octanol–water partition coefficient (Wildman–Crippen LogP) is 3.64. The van der Waals surface area contributed by atoms with E-state index in [2.05, 4.69) is 15.8 Å². The smallest absolute Gasteiger partial charge is 0.265 e. The van der Waals surface area contributed by atoms with Crippen LogP contribution in [-0.4, -0.2) is 23.1 Å². The van der Waals surface area contributed by atoms with Gasteiger partial charge in [0.1, 0.15) is 11.5 Å². The summed E-state index contributed by atoms with van der Waals surface area (Å²) in [5.74, 6) is 0.975. The number of nitrogens with zero attached hydrogens (tertiary/aromatic N) is 1. The van der Waals surface area contributed by atoms with E-state index in [4.69, 9.17) is 9.26 Å². The van der Waals surface area contributed by atoms with E-state index in [-0.39, 0.29) is 11.8 Å². The molecule has 0 bridgehead atoms. The molecule has 0 saturated heterocycles. The third-order valence-corrected chi connectivity index (χ3v) is 3.71. The molecule has 7 nitrogen and oxygen atoms in total. The molecule has 7 heteroatoms. The summed E-state index contributed by atoms with van der Waals surface area (Å²) in [4.78, 5) is 24.4. The van der Waals surface area contributed by atoms with Gasteiger partial charge in [0.2, 0.25) is 0 Å². The van der Waals surface area contributed by atoms with Crippen molar-refractivity contribution < 1.29 is 18.8 Å². The second-order valence-electron chi connectivity index (χ2n) is 5.92. The fourth-order valence-corrected chi connectivity index (χ4v) is 2.32. The molecular formula is C20H19N3O4. The lowest BCUT2D eigenvalue weighted by atomic mass is 10.2. The predicted molar refractivity (Wildman–Crippen MR) is 101 cm³/mol. The zero-order valence-corrected chi connectivity index (χ0v) is 14.9. The molecule has 138 valence electrons. The summed E-state index contributed by atoms with van der Waals surface area (Å²) in [5.41, 5.74) is 1.000. The Bertz CT molecular complexity index is 920. The molecule has 0 spiro atoms. The van der Waals surface area contributed by atoms with Crippen molar-refractivity contribution in [2.45, 2.75) is 20.0 Å².